The van der Waals surface area contributed by atoms with Gasteiger partial charge in [0.1, 0.15) is 12.4 Å². The first-order chi connectivity index (χ1) is 13.1. The summed E-state index contributed by atoms with van der Waals surface area (Å²) in [4.78, 5) is 27.0. The molecule has 4 unspecified atom stereocenters. The van der Waals surface area contributed by atoms with Crippen LogP contribution in [0.1, 0.15) is 12.0 Å². The molecular weight excluding hydrogens is 362 g/mol. The molecule has 27 heavy (non-hydrogen) atoms. The molecule has 0 spiro atoms. The molecule has 2 aliphatic carbocycles. The number of hydrogen-bond acceptors (Lipinski definition) is 3. The Morgan fingerprint density at radius 1 is 0.963 bits per heavy atom. The maximum Gasteiger partial charge on any atom is 0.238 e. The smallest absolute Gasteiger partial charge is 0.238 e. The Morgan fingerprint density at radius 3 is 2.26 bits per heavy atom. The van der Waals surface area contributed by atoms with E-state index in [9.17, 15) is 9.59 Å². The summed E-state index contributed by atoms with van der Waals surface area (Å²) in [5, 5.41) is 0.673. The first-order valence-corrected chi connectivity index (χ1v) is 9.53. The molecule has 1 heterocycles. The molecule has 1 saturated carbocycles. The molecule has 1 aliphatic heterocycles. The minimum Gasteiger partial charge on any atom is -0.489 e. The van der Waals surface area contributed by atoms with Crippen LogP contribution in [-0.2, 0) is 16.2 Å². The number of imide groups is 1. The van der Waals surface area contributed by atoms with Crippen LogP contribution in [0.5, 0.6) is 5.75 Å². The number of amides is 2. The number of fused-ring (bicyclic) bond motifs is 5. The van der Waals surface area contributed by atoms with E-state index in [1.165, 1.54) is 4.90 Å². The number of ether oxygens (including phenoxy) is 1. The van der Waals surface area contributed by atoms with Crippen LogP contribution in [0.15, 0.2) is 60.7 Å². The number of carbonyl (C=O) groups is 2. The van der Waals surface area contributed by atoms with Crippen LogP contribution in [0, 0.1) is 23.7 Å². The number of benzene rings is 2. The van der Waals surface area contributed by atoms with Gasteiger partial charge in [-0.15, -0.1) is 0 Å². The lowest BCUT2D eigenvalue weighted by atomic mass is 9.85. The van der Waals surface area contributed by atoms with Gasteiger partial charge in [-0.05, 0) is 60.2 Å². The molecule has 2 amide bonds. The van der Waals surface area contributed by atoms with Crippen molar-refractivity contribution in [2.24, 2.45) is 23.7 Å². The second kappa shape index (κ2) is 6.24. The van der Waals surface area contributed by atoms with Gasteiger partial charge in [-0.2, -0.15) is 0 Å². The molecule has 3 aliphatic rings. The van der Waals surface area contributed by atoms with Crippen molar-refractivity contribution in [3.63, 3.8) is 0 Å². The Morgan fingerprint density at radius 2 is 1.63 bits per heavy atom. The van der Waals surface area contributed by atoms with Gasteiger partial charge in [-0.1, -0.05) is 35.9 Å². The van der Waals surface area contributed by atoms with Gasteiger partial charge in [0.25, 0.3) is 0 Å². The minimum atomic E-state index is -0.175. The van der Waals surface area contributed by atoms with Crippen molar-refractivity contribution in [1.29, 1.82) is 0 Å². The normalized spacial score (nSPS) is 28.1. The van der Waals surface area contributed by atoms with Gasteiger partial charge in [-0.25, -0.2) is 0 Å². The molecule has 2 bridgehead atoms. The average Bonchev–Trinajstić information content (AvgIpc) is 3.35. The molecule has 0 radical (unpaired) electrons. The fourth-order valence-electron chi connectivity index (χ4n) is 4.64. The van der Waals surface area contributed by atoms with E-state index < -0.39 is 0 Å². The first-order valence-electron chi connectivity index (χ1n) is 9.15. The molecule has 2 fully saturated rings. The Kier molecular flexibility index (Phi) is 3.83. The quantitative estimate of drug-likeness (QED) is 0.590. The van der Waals surface area contributed by atoms with Crippen molar-refractivity contribution in [2.75, 3.05) is 4.90 Å². The molecule has 5 rings (SSSR count). The maximum atomic E-state index is 12.8. The Hall–Kier alpha value is -2.59. The molecule has 5 heteroatoms. The summed E-state index contributed by atoms with van der Waals surface area (Å²) in [6.45, 7) is 0.403. The largest absolute Gasteiger partial charge is 0.489 e. The third-order valence-electron chi connectivity index (χ3n) is 5.86. The van der Waals surface area contributed by atoms with Crippen LogP contribution in [0.4, 0.5) is 5.69 Å². The van der Waals surface area contributed by atoms with Gasteiger partial charge in [0, 0.05) is 5.02 Å². The number of allylic oxidation sites excluding steroid dienone is 2. The van der Waals surface area contributed by atoms with E-state index in [1.54, 1.807) is 24.3 Å². The molecule has 136 valence electrons. The van der Waals surface area contributed by atoms with Crippen LogP contribution < -0.4 is 9.64 Å². The predicted molar refractivity (Wildman–Crippen MR) is 102 cm³/mol. The predicted octanol–water partition coefficient (Wildman–Crippen LogP) is 4.23. The fourth-order valence-corrected chi connectivity index (χ4v) is 4.85. The topological polar surface area (TPSA) is 46.6 Å². The van der Waals surface area contributed by atoms with E-state index >= 15 is 0 Å². The second-order valence-electron chi connectivity index (χ2n) is 7.42. The zero-order chi connectivity index (χ0) is 18.5. The summed E-state index contributed by atoms with van der Waals surface area (Å²) in [7, 11) is 0. The lowest BCUT2D eigenvalue weighted by molar-refractivity contribution is -0.123. The highest BCUT2D eigenvalue weighted by Gasteiger charge is 2.59. The number of rotatable bonds is 4. The van der Waals surface area contributed by atoms with E-state index in [-0.39, 0.29) is 35.5 Å². The van der Waals surface area contributed by atoms with E-state index in [0.29, 0.717) is 23.1 Å². The molecule has 4 atom stereocenters. The third kappa shape index (κ3) is 2.67. The number of nitrogens with zero attached hydrogens (tertiary/aromatic N) is 1. The van der Waals surface area contributed by atoms with E-state index in [0.717, 1.165) is 12.0 Å². The summed E-state index contributed by atoms with van der Waals surface area (Å²) in [5.74, 6) is 0.657. The number of hydrogen-bond donors (Lipinski definition) is 0. The molecule has 2 aromatic carbocycles. The lowest BCUT2D eigenvalue weighted by Crippen LogP contribution is -2.32. The van der Waals surface area contributed by atoms with Crippen molar-refractivity contribution in [2.45, 2.75) is 13.0 Å². The summed E-state index contributed by atoms with van der Waals surface area (Å²) in [6, 6.07) is 14.7. The highest BCUT2D eigenvalue weighted by Crippen LogP contribution is 2.53. The second-order valence-corrected chi connectivity index (χ2v) is 7.86. The molecule has 2 aromatic rings. The third-order valence-corrected chi connectivity index (χ3v) is 6.09. The SMILES string of the molecule is O=C1C2C3C=CC(C3)C2C(=O)N1c1ccc(OCc2cccc(Cl)c2)cc1. The zero-order valence-electron chi connectivity index (χ0n) is 14.5. The van der Waals surface area contributed by atoms with Crippen molar-refractivity contribution >= 4 is 29.1 Å². The molecule has 1 saturated heterocycles. The maximum absolute atomic E-state index is 12.8. The first kappa shape index (κ1) is 16.6. The summed E-state index contributed by atoms with van der Waals surface area (Å²) in [6.07, 6.45) is 5.15. The van der Waals surface area contributed by atoms with Gasteiger partial charge in [0.05, 0.1) is 17.5 Å². The van der Waals surface area contributed by atoms with Crippen molar-refractivity contribution in [3.05, 3.63) is 71.3 Å². The Balaban J connectivity index is 1.31. The highest BCUT2D eigenvalue weighted by atomic mass is 35.5. The van der Waals surface area contributed by atoms with Gasteiger partial charge < -0.3 is 4.74 Å². The van der Waals surface area contributed by atoms with Crippen LogP contribution in [0.3, 0.4) is 0 Å². The van der Waals surface area contributed by atoms with Crippen molar-refractivity contribution in [3.8, 4) is 5.75 Å². The number of anilines is 1. The summed E-state index contributed by atoms with van der Waals surface area (Å²) >= 11 is 5.98. The van der Waals surface area contributed by atoms with Gasteiger partial charge in [0.2, 0.25) is 11.8 Å². The van der Waals surface area contributed by atoms with E-state index in [4.69, 9.17) is 16.3 Å². The molecule has 4 nitrogen and oxygen atoms in total. The molecular formula is C22H18ClNO3. The van der Waals surface area contributed by atoms with Gasteiger partial charge >= 0.3 is 0 Å². The zero-order valence-corrected chi connectivity index (χ0v) is 15.3. The van der Waals surface area contributed by atoms with Crippen LogP contribution in [0.25, 0.3) is 0 Å². The van der Waals surface area contributed by atoms with E-state index in [2.05, 4.69) is 12.2 Å². The van der Waals surface area contributed by atoms with Crippen LogP contribution in [0.2, 0.25) is 5.02 Å². The van der Waals surface area contributed by atoms with Gasteiger partial charge in [0.15, 0.2) is 0 Å². The minimum absolute atomic E-state index is 0.0607. The van der Waals surface area contributed by atoms with Crippen LogP contribution in [-0.4, -0.2) is 11.8 Å². The lowest BCUT2D eigenvalue weighted by Gasteiger charge is -2.17. The monoisotopic (exact) mass is 379 g/mol. The Labute approximate surface area is 162 Å². The average molecular weight is 380 g/mol. The van der Waals surface area contributed by atoms with Gasteiger partial charge in [-0.3, -0.25) is 14.5 Å². The fraction of sp³-hybridized carbons (Fsp3) is 0.273. The standard InChI is InChI=1S/C22H18ClNO3/c23-16-3-1-2-13(10-16)12-27-18-8-6-17(7-9-18)24-21(25)19-14-4-5-15(11-14)20(19)22(24)26/h1-10,14-15,19-20H,11-12H2. The van der Waals surface area contributed by atoms with E-state index in [1.807, 2.05) is 24.3 Å². The van der Waals surface area contributed by atoms with Crippen molar-refractivity contribution in [1.82, 2.24) is 0 Å². The number of carbonyl (C=O) groups excluding carboxylic acids is 2. The summed E-state index contributed by atoms with van der Waals surface area (Å²) < 4.78 is 5.78. The number of halogens is 1. The van der Waals surface area contributed by atoms with Crippen LogP contribution >= 0.6 is 11.6 Å². The molecule has 0 N–H and O–H groups in total. The Bertz CT molecular complexity index is 922. The van der Waals surface area contributed by atoms with Crippen molar-refractivity contribution < 1.29 is 14.3 Å². The molecule has 0 aromatic heterocycles. The highest BCUT2D eigenvalue weighted by molar-refractivity contribution is 6.30. The summed E-state index contributed by atoms with van der Waals surface area (Å²) in [5.41, 5.74) is 1.60.